The Kier molecular flexibility index (Phi) is 5.98. The smallest absolute Gasteiger partial charge is 0.283 e. The molecule has 0 heterocycles. The van der Waals surface area contributed by atoms with E-state index in [1.165, 1.54) is 48.5 Å². The van der Waals surface area contributed by atoms with Gasteiger partial charge in [-0.2, -0.15) is 8.42 Å². The minimum atomic E-state index is -5.13. The molecule has 0 radical (unpaired) electrons. The summed E-state index contributed by atoms with van der Waals surface area (Å²) in [7, 11) is -5.13. The van der Waals surface area contributed by atoms with Gasteiger partial charge in [0, 0.05) is 26.2 Å². The second kappa shape index (κ2) is 7.87. The van der Waals surface area contributed by atoms with Crippen molar-refractivity contribution in [3.63, 3.8) is 0 Å². The van der Waals surface area contributed by atoms with Gasteiger partial charge in [-0.05, 0) is 42.0 Å². The highest BCUT2D eigenvalue weighted by Gasteiger charge is 2.52. The zero-order valence-electron chi connectivity index (χ0n) is 14.3. The van der Waals surface area contributed by atoms with Crippen molar-refractivity contribution in [2.75, 3.05) is 0 Å². The second-order valence-electron chi connectivity index (χ2n) is 6.08. The summed E-state index contributed by atoms with van der Waals surface area (Å²) in [6, 6.07) is 11.5. The van der Waals surface area contributed by atoms with Gasteiger partial charge in [-0.3, -0.25) is 4.55 Å². The first-order valence-corrected chi connectivity index (χ1v) is 10.8. The van der Waals surface area contributed by atoms with Crippen LogP contribution in [0.15, 0.2) is 54.6 Å². The molecule has 0 aliphatic heterocycles. The predicted octanol–water partition coefficient (Wildman–Crippen LogP) is 5.89. The summed E-state index contributed by atoms with van der Waals surface area (Å²) in [6.07, 6.45) is 0. The lowest BCUT2D eigenvalue weighted by molar-refractivity contribution is 0.440. The average molecular weight is 494 g/mol. The second-order valence-corrected chi connectivity index (χ2v) is 9.30. The molecular weight excluding hydrogens is 482 g/mol. The molecule has 0 aliphatic rings. The van der Waals surface area contributed by atoms with Gasteiger partial charge in [0.25, 0.3) is 10.1 Å². The van der Waals surface area contributed by atoms with Crippen molar-refractivity contribution in [3.05, 3.63) is 91.4 Å². The lowest BCUT2D eigenvalue weighted by Crippen LogP contribution is -2.39. The summed E-state index contributed by atoms with van der Waals surface area (Å²) in [5.41, 5.74) is -0.648. The standard InChI is InChI=1S/C19H12Cl4O5S/c20-11-8-13(18(25)16(23)9-11)19(29(26,27)28,10-4-6-12(24)7-5-10)17-14(21)2-1-3-15(17)22/h1-9,24-25H,(H,26,27,28). The van der Waals surface area contributed by atoms with Gasteiger partial charge in [0.1, 0.15) is 11.5 Å². The molecule has 0 spiro atoms. The number of rotatable bonds is 4. The summed E-state index contributed by atoms with van der Waals surface area (Å²) >= 11 is 24.8. The Hall–Kier alpha value is -1.67. The minimum absolute atomic E-state index is 0.00206. The summed E-state index contributed by atoms with van der Waals surface area (Å²) in [5.74, 6) is -0.797. The van der Waals surface area contributed by atoms with Crippen molar-refractivity contribution in [2.24, 2.45) is 0 Å². The first kappa shape index (κ1) is 22.0. The maximum atomic E-state index is 13.0. The van der Waals surface area contributed by atoms with Crippen LogP contribution in [0.1, 0.15) is 16.7 Å². The molecular formula is C19H12Cl4O5S. The fourth-order valence-corrected chi connectivity index (χ4v) is 5.85. The van der Waals surface area contributed by atoms with Crippen LogP contribution in [0.5, 0.6) is 11.5 Å². The molecule has 0 aliphatic carbocycles. The van der Waals surface area contributed by atoms with Crippen LogP contribution in [0.4, 0.5) is 0 Å². The Morgan fingerprint density at radius 1 is 0.793 bits per heavy atom. The van der Waals surface area contributed by atoms with E-state index < -0.39 is 20.6 Å². The van der Waals surface area contributed by atoms with Crippen molar-refractivity contribution in [2.45, 2.75) is 4.75 Å². The molecule has 1 unspecified atom stereocenters. The zero-order valence-corrected chi connectivity index (χ0v) is 18.1. The fourth-order valence-electron chi connectivity index (χ4n) is 3.22. The van der Waals surface area contributed by atoms with Crippen LogP contribution in [0, 0.1) is 0 Å². The van der Waals surface area contributed by atoms with Crippen molar-refractivity contribution in [1.82, 2.24) is 0 Å². The quantitative estimate of drug-likeness (QED) is 0.311. The van der Waals surface area contributed by atoms with E-state index in [4.69, 9.17) is 46.4 Å². The highest BCUT2D eigenvalue weighted by Crippen LogP contribution is 2.53. The Morgan fingerprint density at radius 2 is 1.34 bits per heavy atom. The van der Waals surface area contributed by atoms with Gasteiger partial charge in [-0.1, -0.05) is 64.6 Å². The molecule has 0 aromatic heterocycles. The zero-order chi connectivity index (χ0) is 21.6. The SMILES string of the molecule is O=S(=O)(O)C(c1ccc(O)cc1)(c1cc(Cl)cc(Cl)c1O)c1c(Cl)cccc1Cl. The molecule has 10 heteroatoms. The van der Waals surface area contributed by atoms with E-state index in [0.717, 1.165) is 6.07 Å². The van der Waals surface area contributed by atoms with E-state index in [1.807, 2.05) is 0 Å². The Bertz CT molecular complexity index is 1180. The molecule has 0 saturated carbocycles. The number of phenols is 2. The summed E-state index contributed by atoms with van der Waals surface area (Å²) in [4.78, 5) is 0. The molecule has 29 heavy (non-hydrogen) atoms. The highest BCUT2D eigenvalue weighted by molar-refractivity contribution is 7.87. The van der Waals surface area contributed by atoms with Crippen molar-refractivity contribution < 1.29 is 23.2 Å². The normalized spacial score (nSPS) is 13.8. The lowest BCUT2D eigenvalue weighted by Gasteiger charge is -2.34. The molecule has 3 aromatic carbocycles. The molecule has 3 rings (SSSR count). The Morgan fingerprint density at radius 3 is 1.86 bits per heavy atom. The van der Waals surface area contributed by atoms with E-state index in [0.29, 0.717) is 0 Å². The summed E-state index contributed by atoms with van der Waals surface area (Å²) < 4.78 is 34.0. The lowest BCUT2D eigenvalue weighted by atomic mass is 9.83. The van der Waals surface area contributed by atoms with E-state index in [-0.39, 0.29) is 42.5 Å². The van der Waals surface area contributed by atoms with Gasteiger partial charge in [-0.15, -0.1) is 0 Å². The topological polar surface area (TPSA) is 94.8 Å². The number of hydrogen-bond acceptors (Lipinski definition) is 4. The van der Waals surface area contributed by atoms with Gasteiger partial charge >= 0.3 is 0 Å². The van der Waals surface area contributed by atoms with Crippen LogP contribution in [0.25, 0.3) is 0 Å². The van der Waals surface area contributed by atoms with Crippen LogP contribution in [0.2, 0.25) is 20.1 Å². The number of phenolic OH excluding ortho intramolecular Hbond substituents is 2. The summed E-state index contributed by atoms with van der Waals surface area (Å²) in [5, 5.41) is 19.9. The molecule has 3 aromatic rings. The molecule has 0 bridgehead atoms. The van der Waals surface area contributed by atoms with Crippen molar-refractivity contribution in [1.29, 1.82) is 0 Å². The molecule has 3 N–H and O–H groups in total. The van der Waals surface area contributed by atoms with Crippen LogP contribution in [-0.4, -0.2) is 23.2 Å². The van der Waals surface area contributed by atoms with Gasteiger partial charge in [-0.25, -0.2) is 0 Å². The van der Waals surface area contributed by atoms with Gasteiger partial charge in [0.2, 0.25) is 0 Å². The van der Waals surface area contributed by atoms with Crippen LogP contribution < -0.4 is 0 Å². The number of halogens is 4. The first-order chi connectivity index (χ1) is 13.5. The fraction of sp³-hybridized carbons (Fsp3) is 0.0526. The summed E-state index contributed by atoms with van der Waals surface area (Å²) in [6.45, 7) is 0. The van der Waals surface area contributed by atoms with Gasteiger partial charge < -0.3 is 10.2 Å². The molecule has 1 atom stereocenters. The van der Waals surface area contributed by atoms with Crippen molar-refractivity contribution >= 4 is 56.5 Å². The van der Waals surface area contributed by atoms with Crippen LogP contribution in [-0.2, 0) is 14.9 Å². The molecule has 5 nitrogen and oxygen atoms in total. The van der Waals surface area contributed by atoms with E-state index in [2.05, 4.69) is 0 Å². The molecule has 0 amide bonds. The maximum Gasteiger partial charge on any atom is 0.283 e. The Balaban J connectivity index is 2.65. The monoisotopic (exact) mass is 492 g/mol. The predicted molar refractivity (Wildman–Crippen MR) is 114 cm³/mol. The third-order valence-electron chi connectivity index (χ3n) is 4.38. The highest BCUT2D eigenvalue weighted by atomic mass is 35.5. The van der Waals surface area contributed by atoms with Gasteiger partial charge in [0.15, 0.2) is 4.75 Å². The number of hydrogen-bond donors (Lipinski definition) is 3. The minimum Gasteiger partial charge on any atom is -0.508 e. The third-order valence-corrected chi connectivity index (χ3v) is 6.95. The van der Waals surface area contributed by atoms with Gasteiger partial charge in [0.05, 0.1) is 5.02 Å². The molecule has 152 valence electrons. The van der Waals surface area contributed by atoms with E-state index >= 15 is 0 Å². The largest absolute Gasteiger partial charge is 0.508 e. The molecule has 0 saturated heterocycles. The number of aromatic hydroxyl groups is 2. The van der Waals surface area contributed by atoms with E-state index in [1.54, 1.807) is 0 Å². The van der Waals surface area contributed by atoms with Crippen LogP contribution in [0.3, 0.4) is 0 Å². The average Bonchev–Trinajstić information content (AvgIpc) is 2.61. The number of benzene rings is 3. The Labute approximate surface area is 186 Å². The van der Waals surface area contributed by atoms with E-state index in [9.17, 15) is 23.2 Å². The van der Waals surface area contributed by atoms with Crippen molar-refractivity contribution in [3.8, 4) is 11.5 Å². The third kappa shape index (κ3) is 3.65. The van der Waals surface area contributed by atoms with Crippen LogP contribution >= 0.6 is 46.4 Å². The molecule has 0 fully saturated rings. The maximum absolute atomic E-state index is 13.0. The first-order valence-electron chi connectivity index (χ1n) is 7.89.